The topological polar surface area (TPSA) is 17.1 Å². The van der Waals surface area contributed by atoms with Crippen molar-refractivity contribution in [3.8, 4) is 0 Å². The molecule has 0 aliphatic heterocycles. The molecule has 1 nitrogen and oxygen atoms in total. The molecule has 0 aliphatic carbocycles. The first-order valence-electron chi connectivity index (χ1n) is 5.18. The van der Waals surface area contributed by atoms with Gasteiger partial charge in [0.2, 0.25) is 0 Å². The summed E-state index contributed by atoms with van der Waals surface area (Å²) in [7, 11) is 0. The molecule has 0 amide bonds. The van der Waals surface area contributed by atoms with E-state index in [9.17, 15) is 4.79 Å². The Labute approximate surface area is 83.9 Å². The molecule has 0 heterocycles. The minimum atomic E-state index is 0.255. The first kappa shape index (κ1) is 15.2. The zero-order chi connectivity index (χ0) is 11.1. The summed E-state index contributed by atoms with van der Waals surface area (Å²) >= 11 is 0. The largest absolute Gasteiger partial charge is 0.300 e. The van der Waals surface area contributed by atoms with Crippen LogP contribution in [-0.2, 0) is 4.79 Å². The van der Waals surface area contributed by atoms with Gasteiger partial charge in [0.05, 0.1) is 0 Å². The van der Waals surface area contributed by atoms with Gasteiger partial charge >= 0.3 is 0 Å². The number of ketones is 1. The molecule has 0 aromatic rings. The van der Waals surface area contributed by atoms with Gasteiger partial charge in [-0.05, 0) is 24.7 Å². The van der Waals surface area contributed by atoms with Gasteiger partial charge in [-0.3, -0.25) is 0 Å². The molecule has 1 heteroatoms. The fourth-order valence-electron chi connectivity index (χ4n) is 1.22. The highest BCUT2D eigenvalue weighted by atomic mass is 16.1. The molecule has 0 bridgehead atoms. The van der Waals surface area contributed by atoms with E-state index in [1.54, 1.807) is 6.92 Å². The van der Waals surface area contributed by atoms with Crippen molar-refractivity contribution in [2.45, 2.75) is 61.3 Å². The zero-order valence-corrected chi connectivity index (χ0v) is 10.4. The van der Waals surface area contributed by atoms with Gasteiger partial charge in [0.25, 0.3) is 0 Å². The molecule has 0 atom stereocenters. The van der Waals surface area contributed by atoms with Gasteiger partial charge in [-0.1, -0.05) is 41.5 Å². The summed E-state index contributed by atoms with van der Waals surface area (Å²) in [5.74, 6) is 1.10. The number of carbonyl (C=O) groups is 1. The number of Topliss-reactive ketones (excluding diaryl/α,β-unsaturated/α-hetero) is 1. The van der Waals surface area contributed by atoms with E-state index in [0.717, 1.165) is 5.92 Å². The Morgan fingerprint density at radius 1 is 1.23 bits per heavy atom. The van der Waals surface area contributed by atoms with Crippen LogP contribution in [0.25, 0.3) is 0 Å². The molecular weight excluding hydrogens is 160 g/mol. The van der Waals surface area contributed by atoms with E-state index >= 15 is 0 Å². The summed E-state index contributed by atoms with van der Waals surface area (Å²) in [5.41, 5.74) is 0.522. The van der Waals surface area contributed by atoms with E-state index in [1.807, 2.05) is 6.92 Å². The van der Waals surface area contributed by atoms with Crippen LogP contribution in [0.3, 0.4) is 0 Å². The smallest absolute Gasteiger partial charge is 0.129 e. The third-order valence-electron chi connectivity index (χ3n) is 1.52. The van der Waals surface area contributed by atoms with Gasteiger partial charge in [-0.15, -0.1) is 0 Å². The second-order valence-electron chi connectivity index (χ2n) is 5.21. The van der Waals surface area contributed by atoms with Gasteiger partial charge in [0.1, 0.15) is 5.78 Å². The summed E-state index contributed by atoms with van der Waals surface area (Å²) in [5, 5.41) is 0. The van der Waals surface area contributed by atoms with Gasteiger partial charge in [-0.2, -0.15) is 0 Å². The van der Waals surface area contributed by atoms with E-state index in [2.05, 4.69) is 34.6 Å². The normalized spacial score (nSPS) is 10.8. The lowest BCUT2D eigenvalue weighted by Gasteiger charge is -2.19. The van der Waals surface area contributed by atoms with Crippen LogP contribution in [0.4, 0.5) is 0 Å². The van der Waals surface area contributed by atoms with Crippen molar-refractivity contribution >= 4 is 5.78 Å². The molecule has 0 unspecified atom stereocenters. The summed E-state index contributed by atoms with van der Waals surface area (Å²) in [6.45, 7) is 14.8. The Morgan fingerprint density at radius 2 is 1.54 bits per heavy atom. The molecule has 13 heavy (non-hydrogen) atoms. The highest BCUT2D eigenvalue weighted by molar-refractivity contribution is 5.74. The van der Waals surface area contributed by atoms with Gasteiger partial charge < -0.3 is 4.79 Å². The average molecular weight is 186 g/mol. The standard InChI is InChI=1S/C8H18.C4H8O/c1-7(2)6-8(3,4)5;1-3-4(2)5/h7H,6H2,1-5H3;3H2,1-2H3. The number of carbonyl (C=O) groups excluding carboxylic acids is 1. The monoisotopic (exact) mass is 186 g/mol. The molecule has 0 rings (SSSR count). The van der Waals surface area contributed by atoms with Crippen LogP contribution in [0.1, 0.15) is 61.3 Å². The maximum absolute atomic E-state index is 9.81. The van der Waals surface area contributed by atoms with Crippen molar-refractivity contribution in [3.63, 3.8) is 0 Å². The fourth-order valence-corrected chi connectivity index (χ4v) is 1.22. The first-order chi connectivity index (χ1) is 5.69. The van der Waals surface area contributed by atoms with Crippen LogP contribution >= 0.6 is 0 Å². The number of hydrogen-bond acceptors (Lipinski definition) is 1. The van der Waals surface area contributed by atoms with E-state index in [0.29, 0.717) is 11.8 Å². The number of hydrogen-bond donors (Lipinski definition) is 0. The molecule has 0 N–H and O–H groups in total. The Bertz CT molecular complexity index is 129. The third-order valence-corrected chi connectivity index (χ3v) is 1.52. The number of rotatable bonds is 2. The minimum Gasteiger partial charge on any atom is -0.300 e. The van der Waals surface area contributed by atoms with Crippen LogP contribution in [0.15, 0.2) is 0 Å². The second-order valence-corrected chi connectivity index (χ2v) is 5.21. The van der Waals surface area contributed by atoms with Gasteiger partial charge in [0.15, 0.2) is 0 Å². The lowest BCUT2D eigenvalue weighted by atomic mass is 9.86. The van der Waals surface area contributed by atoms with E-state index in [1.165, 1.54) is 6.42 Å². The third kappa shape index (κ3) is 24.5. The minimum absolute atomic E-state index is 0.255. The average Bonchev–Trinajstić information content (AvgIpc) is 1.83. The molecular formula is C12H26O. The quantitative estimate of drug-likeness (QED) is 0.635. The molecule has 0 fully saturated rings. The highest BCUT2D eigenvalue weighted by Crippen LogP contribution is 2.23. The summed E-state index contributed by atoms with van der Waals surface area (Å²) < 4.78 is 0. The maximum atomic E-state index is 9.81. The Hall–Kier alpha value is -0.330. The van der Waals surface area contributed by atoms with E-state index in [4.69, 9.17) is 0 Å². The Morgan fingerprint density at radius 3 is 1.54 bits per heavy atom. The molecule has 0 aromatic carbocycles. The predicted molar refractivity (Wildman–Crippen MR) is 59.9 cm³/mol. The summed E-state index contributed by atoms with van der Waals surface area (Å²) in [6, 6.07) is 0. The zero-order valence-electron chi connectivity index (χ0n) is 10.4. The highest BCUT2D eigenvalue weighted by Gasteiger charge is 2.11. The van der Waals surface area contributed by atoms with Crippen LogP contribution in [0.5, 0.6) is 0 Å². The second kappa shape index (κ2) is 7.11. The Kier molecular flexibility index (Phi) is 8.29. The molecule has 80 valence electrons. The predicted octanol–water partition coefficient (Wildman–Crippen LogP) is 4.06. The molecule has 0 saturated heterocycles. The van der Waals surface area contributed by atoms with Crippen LogP contribution in [0, 0.1) is 11.3 Å². The lowest BCUT2D eigenvalue weighted by Crippen LogP contribution is -2.08. The molecule has 0 saturated carbocycles. The van der Waals surface area contributed by atoms with E-state index < -0.39 is 0 Å². The lowest BCUT2D eigenvalue weighted by molar-refractivity contribution is -0.116. The van der Waals surface area contributed by atoms with E-state index in [-0.39, 0.29) is 5.78 Å². The van der Waals surface area contributed by atoms with Gasteiger partial charge in [-0.25, -0.2) is 0 Å². The van der Waals surface area contributed by atoms with Crippen molar-refractivity contribution in [1.29, 1.82) is 0 Å². The molecule has 0 spiro atoms. The van der Waals surface area contributed by atoms with Crippen molar-refractivity contribution in [1.82, 2.24) is 0 Å². The fraction of sp³-hybridized carbons (Fsp3) is 0.917. The van der Waals surface area contributed by atoms with Crippen LogP contribution < -0.4 is 0 Å². The molecule has 0 aliphatic rings. The van der Waals surface area contributed by atoms with Gasteiger partial charge in [0, 0.05) is 6.42 Å². The summed E-state index contributed by atoms with van der Waals surface area (Å²) in [4.78, 5) is 9.81. The maximum Gasteiger partial charge on any atom is 0.129 e. The van der Waals surface area contributed by atoms with Crippen molar-refractivity contribution in [2.75, 3.05) is 0 Å². The summed E-state index contributed by atoms with van der Waals surface area (Å²) in [6.07, 6.45) is 1.99. The Balaban J connectivity index is 0. The molecule has 0 radical (unpaired) electrons. The van der Waals surface area contributed by atoms with Crippen LogP contribution in [0.2, 0.25) is 0 Å². The van der Waals surface area contributed by atoms with Crippen LogP contribution in [-0.4, -0.2) is 5.78 Å². The SMILES string of the molecule is CC(C)CC(C)(C)C.CCC(C)=O. The van der Waals surface area contributed by atoms with Crippen molar-refractivity contribution in [2.24, 2.45) is 11.3 Å². The van der Waals surface area contributed by atoms with Crippen molar-refractivity contribution < 1.29 is 4.79 Å². The first-order valence-corrected chi connectivity index (χ1v) is 5.18. The molecule has 0 aromatic heterocycles. The van der Waals surface area contributed by atoms with Crippen molar-refractivity contribution in [3.05, 3.63) is 0 Å².